The predicted octanol–water partition coefficient (Wildman–Crippen LogP) is 2.21. The van der Waals surface area contributed by atoms with Gasteiger partial charge in [-0.2, -0.15) is 0 Å². The lowest BCUT2D eigenvalue weighted by Gasteiger charge is -2.19. The molecular formula is C11H14N2O3. The van der Waals surface area contributed by atoms with Crippen molar-refractivity contribution in [3.05, 3.63) is 34.4 Å². The van der Waals surface area contributed by atoms with Crippen LogP contribution in [0.3, 0.4) is 0 Å². The van der Waals surface area contributed by atoms with E-state index in [9.17, 15) is 14.9 Å². The Bertz CT molecular complexity index is 415. The fourth-order valence-electron chi connectivity index (χ4n) is 1.33. The van der Waals surface area contributed by atoms with Gasteiger partial charge in [0.05, 0.1) is 10.6 Å². The summed E-state index contributed by atoms with van der Waals surface area (Å²) in [7, 11) is 1.61. The van der Waals surface area contributed by atoms with E-state index in [4.69, 9.17) is 0 Å². The summed E-state index contributed by atoms with van der Waals surface area (Å²) < 4.78 is 0. The van der Waals surface area contributed by atoms with Gasteiger partial charge in [-0.15, -0.1) is 0 Å². The molecule has 0 saturated carbocycles. The maximum atomic E-state index is 11.7. The zero-order chi connectivity index (χ0) is 12.3. The quantitative estimate of drug-likeness (QED) is 0.581. The first-order valence-corrected chi connectivity index (χ1v) is 4.95. The van der Waals surface area contributed by atoms with Gasteiger partial charge in [-0.25, -0.2) is 0 Å². The van der Waals surface area contributed by atoms with E-state index in [0.29, 0.717) is 5.69 Å². The summed E-state index contributed by atoms with van der Waals surface area (Å²) in [6.07, 6.45) is 0. The summed E-state index contributed by atoms with van der Waals surface area (Å²) in [5.74, 6) is -0.204. The zero-order valence-electron chi connectivity index (χ0n) is 9.51. The smallest absolute Gasteiger partial charge is 0.271 e. The number of hydrogen-bond acceptors (Lipinski definition) is 3. The summed E-state index contributed by atoms with van der Waals surface area (Å²) in [5, 5.41) is 10.6. The molecule has 0 fully saturated rings. The molecule has 5 nitrogen and oxygen atoms in total. The van der Waals surface area contributed by atoms with Crippen LogP contribution in [0, 0.1) is 16.0 Å². The number of non-ortho nitro benzene ring substituents is 1. The molecule has 0 spiro atoms. The fraction of sp³-hybridized carbons (Fsp3) is 0.364. The van der Waals surface area contributed by atoms with Crippen LogP contribution in [0.25, 0.3) is 0 Å². The number of carbonyl (C=O) groups excluding carboxylic acids is 1. The third-order valence-electron chi connectivity index (χ3n) is 2.25. The Morgan fingerprint density at radius 2 is 2.06 bits per heavy atom. The fourth-order valence-corrected chi connectivity index (χ4v) is 1.33. The highest BCUT2D eigenvalue weighted by molar-refractivity contribution is 5.94. The van der Waals surface area contributed by atoms with Crippen LogP contribution >= 0.6 is 0 Å². The van der Waals surface area contributed by atoms with Crippen LogP contribution in [-0.4, -0.2) is 17.9 Å². The molecule has 0 heterocycles. The minimum Gasteiger partial charge on any atom is -0.315 e. The van der Waals surface area contributed by atoms with E-state index >= 15 is 0 Å². The first-order chi connectivity index (χ1) is 7.43. The minimum atomic E-state index is -0.475. The van der Waals surface area contributed by atoms with Crippen molar-refractivity contribution in [3.63, 3.8) is 0 Å². The van der Waals surface area contributed by atoms with Crippen molar-refractivity contribution in [2.24, 2.45) is 5.92 Å². The van der Waals surface area contributed by atoms with E-state index in [-0.39, 0.29) is 17.5 Å². The number of rotatable bonds is 3. The van der Waals surface area contributed by atoms with Crippen LogP contribution < -0.4 is 4.90 Å². The first kappa shape index (κ1) is 12.2. The highest BCUT2D eigenvalue weighted by Crippen LogP contribution is 2.21. The van der Waals surface area contributed by atoms with E-state index in [1.165, 1.54) is 17.0 Å². The SMILES string of the molecule is CC(C)C(=O)N(C)c1cccc([N+](=O)[O-])c1. The average Bonchev–Trinajstić information content (AvgIpc) is 2.27. The third kappa shape index (κ3) is 2.56. The second-order valence-corrected chi connectivity index (χ2v) is 3.83. The van der Waals surface area contributed by atoms with Gasteiger partial charge in [-0.05, 0) is 6.07 Å². The lowest BCUT2D eigenvalue weighted by molar-refractivity contribution is -0.384. The third-order valence-corrected chi connectivity index (χ3v) is 2.25. The van der Waals surface area contributed by atoms with Crippen molar-refractivity contribution < 1.29 is 9.72 Å². The topological polar surface area (TPSA) is 63.5 Å². The van der Waals surface area contributed by atoms with Gasteiger partial charge in [-0.3, -0.25) is 14.9 Å². The van der Waals surface area contributed by atoms with Crippen LogP contribution in [0.1, 0.15) is 13.8 Å². The molecule has 0 N–H and O–H groups in total. The van der Waals surface area contributed by atoms with Gasteiger partial charge < -0.3 is 4.90 Å². The maximum absolute atomic E-state index is 11.7. The minimum absolute atomic E-state index is 0.0130. The van der Waals surface area contributed by atoms with Crippen LogP contribution in [-0.2, 0) is 4.79 Å². The van der Waals surface area contributed by atoms with Gasteiger partial charge in [-0.1, -0.05) is 19.9 Å². The number of nitro benzene ring substituents is 1. The number of nitrogens with zero attached hydrogens (tertiary/aromatic N) is 2. The Morgan fingerprint density at radius 3 is 2.56 bits per heavy atom. The summed E-state index contributed by atoms with van der Waals surface area (Å²) in [6.45, 7) is 3.58. The summed E-state index contributed by atoms with van der Waals surface area (Å²) in [4.78, 5) is 23.2. The second-order valence-electron chi connectivity index (χ2n) is 3.83. The molecule has 0 radical (unpaired) electrons. The summed E-state index contributed by atoms with van der Waals surface area (Å²) >= 11 is 0. The number of hydrogen-bond donors (Lipinski definition) is 0. The lowest BCUT2D eigenvalue weighted by Crippen LogP contribution is -2.30. The van der Waals surface area contributed by atoms with E-state index in [1.54, 1.807) is 33.0 Å². The molecule has 1 amide bonds. The highest BCUT2D eigenvalue weighted by atomic mass is 16.6. The molecule has 5 heteroatoms. The molecule has 1 rings (SSSR count). The number of amides is 1. The molecule has 0 atom stereocenters. The molecule has 0 aliphatic rings. The van der Waals surface area contributed by atoms with Gasteiger partial charge in [0.25, 0.3) is 5.69 Å². The largest absolute Gasteiger partial charge is 0.315 e. The molecule has 86 valence electrons. The monoisotopic (exact) mass is 222 g/mol. The molecular weight excluding hydrogens is 208 g/mol. The van der Waals surface area contributed by atoms with Crippen molar-refractivity contribution >= 4 is 17.3 Å². The lowest BCUT2D eigenvalue weighted by atomic mass is 10.2. The Morgan fingerprint density at radius 1 is 1.44 bits per heavy atom. The molecule has 0 aliphatic heterocycles. The average molecular weight is 222 g/mol. The molecule has 16 heavy (non-hydrogen) atoms. The Balaban J connectivity index is 3.00. The predicted molar refractivity (Wildman–Crippen MR) is 61.3 cm³/mol. The van der Waals surface area contributed by atoms with E-state index < -0.39 is 4.92 Å². The van der Waals surface area contributed by atoms with Gasteiger partial charge in [0, 0.05) is 25.1 Å². The molecule has 0 aromatic heterocycles. The van der Waals surface area contributed by atoms with Crippen LogP contribution in [0.5, 0.6) is 0 Å². The zero-order valence-corrected chi connectivity index (χ0v) is 9.51. The maximum Gasteiger partial charge on any atom is 0.271 e. The Labute approximate surface area is 93.8 Å². The van der Waals surface area contributed by atoms with Crippen LogP contribution in [0.15, 0.2) is 24.3 Å². The van der Waals surface area contributed by atoms with Crippen LogP contribution in [0.4, 0.5) is 11.4 Å². The molecule has 1 aromatic carbocycles. The number of anilines is 1. The molecule has 0 unspecified atom stereocenters. The van der Waals surface area contributed by atoms with Crippen molar-refractivity contribution in [2.45, 2.75) is 13.8 Å². The first-order valence-electron chi connectivity index (χ1n) is 4.95. The van der Waals surface area contributed by atoms with Crippen molar-refractivity contribution in [1.82, 2.24) is 0 Å². The summed E-state index contributed by atoms with van der Waals surface area (Å²) in [5.41, 5.74) is 0.522. The van der Waals surface area contributed by atoms with E-state index in [0.717, 1.165) is 0 Å². The standard InChI is InChI=1S/C11H14N2O3/c1-8(2)11(14)12(3)9-5-4-6-10(7-9)13(15)16/h4-8H,1-3H3. The van der Waals surface area contributed by atoms with Gasteiger partial charge in [0.2, 0.25) is 5.91 Å². The van der Waals surface area contributed by atoms with Gasteiger partial charge >= 0.3 is 0 Å². The highest BCUT2D eigenvalue weighted by Gasteiger charge is 2.16. The van der Waals surface area contributed by atoms with Crippen LogP contribution in [0.2, 0.25) is 0 Å². The van der Waals surface area contributed by atoms with Crippen molar-refractivity contribution in [3.8, 4) is 0 Å². The van der Waals surface area contributed by atoms with Crippen molar-refractivity contribution in [1.29, 1.82) is 0 Å². The second kappa shape index (κ2) is 4.74. The van der Waals surface area contributed by atoms with E-state index in [2.05, 4.69) is 0 Å². The van der Waals surface area contributed by atoms with Crippen molar-refractivity contribution in [2.75, 3.05) is 11.9 Å². The molecule has 0 saturated heterocycles. The normalized spacial score (nSPS) is 10.2. The Hall–Kier alpha value is -1.91. The molecule has 0 bridgehead atoms. The number of benzene rings is 1. The number of nitro groups is 1. The Kier molecular flexibility index (Phi) is 3.60. The number of carbonyl (C=O) groups is 1. The van der Waals surface area contributed by atoms with E-state index in [1.807, 2.05) is 0 Å². The van der Waals surface area contributed by atoms with Gasteiger partial charge in [0.15, 0.2) is 0 Å². The summed E-state index contributed by atoms with van der Waals surface area (Å²) in [6, 6.07) is 6.03. The molecule has 0 aliphatic carbocycles. The molecule has 1 aromatic rings. The van der Waals surface area contributed by atoms with Gasteiger partial charge in [0.1, 0.15) is 0 Å².